The number of aryl methyl sites for hydroxylation is 1. The van der Waals surface area contributed by atoms with Gasteiger partial charge < -0.3 is 8.98 Å². The molecule has 6 aromatic carbocycles. The van der Waals surface area contributed by atoms with Gasteiger partial charge in [0.05, 0.1) is 34.0 Å². The van der Waals surface area contributed by atoms with Gasteiger partial charge in [-0.25, -0.2) is 4.98 Å². The minimum Gasteiger partial charge on any atom is -0.486 e. The first-order valence-electron chi connectivity index (χ1n) is 28.0. The molecule has 0 spiro atoms. The Morgan fingerprint density at radius 1 is 0.592 bits per heavy atom. The Morgan fingerprint density at radius 2 is 1.22 bits per heavy atom. The van der Waals surface area contributed by atoms with Crippen LogP contribution in [0.4, 0.5) is 0 Å². The first-order valence-corrected chi connectivity index (χ1v) is 26.5. The maximum atomic E-state index is 8.66. The van der Waals surface area contributed by atoms with Gasteiger partial charge in [0.25, 0.3) is 0 Å². The van der Waals surface area contributed by atoms with Gasteiger partial charge in [-0.1, -0.05) is 171 Å². The zero-order valence-corrected chi connectivity index (χ0v) is 49.7. The first kappa shape index (κ1) is 51.6. The number of furan rings is 1. The summed E-state index contributed by atoms with van der Waals surface area (Å²) in [5.74, 6) is 1.70. The van der Waals surface area contributed by atoms with Crippen molar-refractivity contribution in [2.45, 2.75) is 151 Å². The number of pyridine rings is 1. The molecule has 0 aliphatic carbocycles. The molecule has 0 bridgehead atoms. The number of para-hydroxylation sites is 2. The van der Waals surface area contributed by atoms with E-state index in [0.29, 0.717) is 33.5 Å². The van der Waals surface area contributed by atoms with Gasteiger partial charge in [0, 0.05) is 58.2 Å². The zero-order chi connectivity index (χ0) is 56.4. The Balaban J connectivity index is 0.000000414. The quantitative estimate of drug-likeness (QED) is 0.149. The van der Waals surface area contributed by atoms with Crippen molar-refractivity contribution in [3.05, 3.63) is 185 Å². The Hall–Kier alpha value is -6.53. The molecule has 0 fully saturated rings. The number of rotatable bonds is 7. The van der Waals surface area contributed by atoms with Crippen molar-refractivity contribution in [1.82, 2.24) is 24.5 Å². The number of hydrogen-bond acceptors (Lipinski definition) is 5. The van der Waals surface area contributed by atoms with Gasteiger partial charge in [-0.15, -0.1) is 53.6 Å². The molecule has 0 aliphatic heterocycles. The average molecular weight is 1190 g/mol. The van der Waals surface area contributed by atoms with Crippen LogP contribution in [0.3, 0.4) is 0 Å². The molecule has 0 unspecified atom stereocenters. The molecule has 0 saturated heterocycles. The maximum absolute atomic E-state index is 8.66. The SMILES string of the molecule is CC(C)(C)c1ccnc(-c2[c-]cccc2)n1.[2H]C([2H])([2H])c1c[c-]c(-c2nc3ccccc3n2-c2c(C(C)C)cc(-c3ccc(C(C)(C)C)cc3)cc2C(C)C)c2oc3nc(-c4cc(C(C)(C)C)cc(C(C)(C)C)c4)ccc3c12.[Ir]. The minimum atomic E-state index is -2.43. The summed E-state index contributed by atoms with van der Waals surface area (Å²) in [6.45, 7) is 33.1. The fourth-order valence-corrected chi connectivity index (χ4v) is 9.68. The van der Waals surface area contributed by atoms with Crippen LogP contribution in [0.5, 0.6) is 0 Å². The summed E-state index contributed by atoms with van der Waals surface area (Å²) in [7, 11) is 0. The number of imidazole rings is 1. The average Bonchev–Trinajstić information content (AvgIpc) is 4.09. The predicted octanol–water partition coefficient (Wildman–Crippen LogP) is 18.8. The summed E-state index contributed by atoms with van der Waals surface area (Å²) in [4.78, 5) is 19.3. The topological polar surface area (TPSA) is 69.6 Å². The van der Waals surface area contributed by atoms with Crippen LogP contribution < -0.4 is 0 Å². The van der Waals surface area contributed by atoms with Crippen molar-refractivity contribution in [3.8, 4) is 50.8 Å². The molecule has 0 saturated carbocycles. The first-order chi connectivity index (χ1) is 36.5. The van der Waals surface area contributed by atoms with Crippen LogP contribution in [0.25, 0.3) is 83.9 Å². The van der Waals surface area contributed by atoms with Crippen LogP contribution in [-0.2, 0) is 41.8 Å². The van der Waals surface area contributed by atoms with E-state index in [1.807, 2.05) is 66.9 Å². The number of benzene rings is 6. The summed E-state index contributed by atoms with van der Waals surface area (Å²) in [5, 5.41) is 1.15. The van der Waals surface area contributed by atoms with Crippen molar-refractivity contribution in [2.75, 3.05) is 0 Å². The van der Waals surface area contributed by atoms with E-state index < -0.39 is 6.85 Å². The molecule has 4 heterocycles. The fourth-order valence-electron chi connectivity index (χ4n) is 9.68. The number of aromatic nitrogens is 5. The van der Waals surface area contributed by atoms with Gasteiger partial charge in [-0.2, -0.15) is 0 Å². The fraction of sp³-hybridized carbons (Fsp3) is 0.333. The number of hydrogen-bond donors (Lipinski definition) is 0. The maximum Gasteiger partial charge on any atom is 0.216 e. The van der Waals surface area contributed by atoms with Gasteiger partial charge in [0.1, 0.15) is 0 Å². The summed E-state index contributed by atoms with van der Waals surface area (Å²) < 4.78 is 35.1. The standard InChI is InChI=1S/C55H60N3O.C14H15N2.Ir/c1-32(2)43-29-36(35-20-22-38(23-21-35)53(6,7)8)30-44(33(3)4)49(43)58-47-18-16-15-17-46(47)56-51(58)42-24-19-34(5)48-41-25-26-45(57-52(41)59-50(42)48)37-27-39(54(9,10)11)31-40(28-37)55(12,13)14;1-14(2,3)12-9-10-15-13(16-12)11-7-5-4-6-8-11;/h15-23,25-33H,1-14H3;4-7,9-10H,1-3H3;/q2*-1;/i5D3;;. The minimum absolute atomic E-state index is 0. The van der Waals surface area contributed by atoms with Crippen LogP contribution in [0, 0.1) is 19.0 Å². The molecule has 0 atom stereocenters. The van der Waals surface area contributed by atoms with Crippen LogP contribution in [-0.4, -0.2) is 24.5 Å². The molecule has 76 heavy (non-hydrogen) atoms. The smallest absolute Gasteiger partial charge is 0.216 e. The van der Waals surface area contributed by atoms with Crippen LogP contribution >= 0.6 is 0 Å². The van der Waals surface area contributed by atoms with E-state index in [4.69, 9.17) is 18.5 Å². The molecule has 1 radical (unpaired) electrons. The number of nitrogens with zero attached hydrogens (tertiary/aromatic N) is 5. The summed E-state index contributed by atoms with van der Waals surface area (Å²) in [6, 6.07) is 50.4. The molecule has 7 heteroatoms. The van der Waals surface area contributed by atoms with Gasteiger partial charge in [-0.05, 0) is 122 Å². The van der Waals surface area contributed by atoms with Crippen LogP contribution in [0.15, 0.2) is 138 Å². The molecular weight excluding hydrogens is 1110 g/mol. The van der Waals surface area contributed by atoms with E-state index in [2.05, 4.69) is 198 Å². The second-order valence-corrected chi connectivity index (χ2v) is 24.9. The second kappa shape index (κ2) is 21.1. The second-order valence-electron chi connectivity index (χ2n) is 24.9. The third-order valence-corrected chi connectivity index (χ3v) is 14.3. The van der Waals surface area contributed by atoms with Crippen molar-refractivity contribution < 1.29 is 28.6 Å². The van der Waals surface area contributed by atoms with Crippen molar-refractivity contribution in [2.24, 2.45) is 0 Å². The normalized spacial score (nSPS) is 13.2. The summed E-state index contributed by atoms with van der Waals surface area (Å²) in [5.41, 5.74) is 16.5. The van der Waals surface area contributed by atoms with E-state index in [1.54, 1.807) is 6.07 Å². The molecule has 10 aromatic rings. The molecule has 393 valence electrons. The Kier molecular flexibility index (Phi) is 14.3. The van der Waals surface area contributed by atoms with Crippen molar-refractivity contribution in [3.63, 3.8) is 0 Å². The monoisotopic (exact) mass is 1190 g/mol. The largest absolute Gasteiger partial charge is 0.486 e. The predicted molar refractivity (Wildman–Crippen MR) is 315 cm³/mol. The van der Waals surface area contributed by atoms with Crippen molar-refractivity contribution >= 4 is 33.1 Å². The Bertz CT molecular complexity index is 3760. The van der Waals surface area contributed by atoms with Gasteiger partial charge >= 0.3 is 0 Å². The van der Waals surface area contributed by atoms with E-state index in [1.165, 1.54) is 38.9 Å². The van der Waals surface area contributed by atoms with E-state index in [9.17, 15) is 0 Å². The van der Waals surface area contributed by atoms with Gasteiger partial charge in [0.2, 0.25) is 5.71 Å². The van der Waals surface area contributed by atoms with E-state index in [0.717, 1.165) is 45.1 Å². The van der Waals surface area contributed by atoms with E-state index >= 15 is 0 Å². The van der Waals surface area contributed by atoms with Gasteiger partial charge in [-0.3, -0.25) is 15.0 Å². The van der Waals surface area contributed by atoms with E-state index in [-0.39, 0.29) is 59.2 Å². The molecule has 10 rings (SSSR count). The number of fused-ring (bicyclic) bond motifs is 4. The Morgan fingerprint density at radius 3 is 1.80 bits per heavy atom. The molecule has 0 amide bonds. The molecule has 6 nitrogen and oxygen atoms in total. The Labute approximate surface area is 470 Å². The van der Waals surface area contributed by atoms with Crippen molar-refractivity contribution in [1.29, 1.82) is 0 Å². The van der Waals surface area contributed by atoms with Crippen LogP contribution in [0.2, 0.25) is 0 Å². The zero-order valence-electron chi connectivity index (χ0n) is 50.3. The third kappa shape index (κ3) is 11.3. The third-order valence-electron chi connectivity index (χ3n) is 14.3. The molecular formula is C69H75IrN5O-2. The molecule has 0 N–H and O–H groups in total. The summed E-state index contributed by atoms with van der Waals surface area (Å²) >= 11 is 0. The van der Waals surface area contributed by atoms with Gasteiger partial charge in [0.15, 0.2) is 0 Å². The van der Waals surface area contributed by atoms with Crippen LogP contribution in [0.1, 0.15) is 166 Å². The summed E-state index contributed by atoms with van der Waals surface area (Å²) in [6.07, 6.45) is 1.81. The molecule has 0 aliphatic rings. The molecule has 4 aromatic heterocycles.